The molecule has 0 heterocycles. The molecule has 1 aliphatic carbocycles. The highest BCUT2D eigenvalue weighted by atomic mass is 16.5. The number of hydrogen-bond acceptors (Lipinski definition) is 2. The lowest BCUT2D eigenvalue weighted by Gasteiger charge is -2.33. The van der Waals surface area contributed by atoms with Gasteiger partial charge >= 0.3 is 0 Å². The number of ether oxygens (including phenoxy) is 1. The summed E-state index contributed by atoms with van der Waals surface area (Å²) in [5, 5.41) is 8.96. The van der Waals surface area contributed by atoms with Crippen molar-refractivity contribution in [2.75, 3.05) is 6.61 Å². The van der Waals surface area contributed by atoms with Crippen LogP contribution >= 0.6 is 0 Å². The van der Waals surface area contributed by atoms with E-state index in [2.05, 4.69) is 55.5 Å². The first kappa shape index (κ1) is 18.2. The van der Waals surface area contributed by atoms with E-state index < -0.39 is 0 Å². The quantitative estimate of drug-likeness (QED) is 0.577. The molecule has 0 amide bonds. The highest BCUT2D eigenvalue weighted by molar-refractivity contribution is 5.76. The maximum Gasteiger partial charge on any atom is 0.115 e. The molecule has 1 aliphatic rings. The molecule has 1 atom stereocenters. The zero-order valence-electron chi connectivity index (χ0n) is 15.3. The van der Waals surface area contributed by atoms with Crippen LogP contribution in [-0.2, 0) is 10.3 Å². The molecule has 0 bridgehead atoms. The molecular weight excluding hydrogens is 318 g/mol. The molecule has 2 aromatic rings. The van der Waals surface area contributed by atoms with E-state index in [1.165, 1.54) is 24.0 Å². The molecule has 0 aromatic heterocycles. The molecule has 0 spiro atoms. The topological polar surface area (TPSA) is 33.0 Å². The van der Waals surface area contributed by atoms with E-state index in [4.69, 9.17) is 10.00 Å². The molecule has 0 N–H and O–H groups in total. The summed E-state index contributed by atoms with van der Waals surface area (Å²) in [6.07, 6.45) is 10.9. The van der Waals surface area contributed by atoms with Gasteiger partial charge in [0.1, 0.15) is 5.60 Å². The van der Waals surface area contributed by atoms with Gasteiger partial charge in [0, 0.05) is 13.0 Å². The van der Waals surface area contributed by atoms with Crippen LogP contribution < -0.4 is 0 Å². The fourth-order valence-electron chi connectivity index (χ4n) is 3.30. The van der Waals surface area contributed by atoms with Crippen molar-refractivity contribution in [1.29, 1.82) is 5.26 Å². The van der Waals surface area contributed by atoms with E-state index in [0.29, 0.717) is 5.56 Å². The van der Waals surface area contributed by atoms with Gasteiger partial charge in [0.05, 0.1) is 11.6 Å². The fraction of sp³-hybridized carbons (Fsp3) is 0.292. The number of benzene rings is 2. The molecule has 0 fully saturated rings. The molecule has 0 saturated heterocycles. The first-order valence-electron chi connectivity index (χ1n) is 9.37. The number of hydrogen-bond donors (Lipinski definition) is 0. The van der Waals surface area contributed by atoms with Crippen molar-refractivity contribution in [3.8, 4) is 6.07 Å². The summed E-state index contributed by atoms with van der Waals surface area (Å²) in [4.78, 5) is 0. The lowest BCUT2D eigenvalue weighted by molar-refractivity contribution is -0.0128. The molecule has 26 heavy (non-hydrogen) atoms. The minimum atomic E-state index is -0.384. The van der Waals surface area contributed by atoms with Crippen LogP contribution in [0.25, 0.3) is 5.57 Å². The molecule has 1 unspecified atom stereocenters. The molecule has 0 radical (unpaired) electrons. The Morgan fingerprint density at radius 1 is 1.04 bits per heavy atom. The van der Waals surface area contributed by atoms with Crippen LogP contribution in [0.2, 0.25) is 0 Å². The highest BCUT2D eigenvalue weighted by Crippen LogP contribution is 2.37. The summed E-state index contributed by atoms with van der Waals surface area (Å²) in [7, 11) is 0. The van der Waals surface area contributed by atoms with Gasteiger partial charge in [0.15, 0.2) is 0 Å². The predicted octanol–water partition coefficient (Wildman–Crippen LogP) is 6.00. The van der Waals surface area contributed by atoms with Gasteiger partial charge in [-0.25, -0.2) is 0 Å². The maximum atomic E-state index is 8.96. The third kappa shape index (κ3) is 4.12. The Morgan fingerprint density at radius 3 is 2.42 bits per heavy atom. The van der Waals surface area contributed by atoms with E-state index in [1.807, 2.05) is 30.3 Å². The lowest BCUT2D eigenvalue weighted by atomic mass is 9.84. The van der Waals surface area contributed by atoms with Crippen molar-refractivity contribution in [1.82, 2.24) is 0 Å². The monoisotopic (exact) mass is 343 g/mol. The van der Waals surface area contributed by atoms with Crippen LogP contribution in [0, 0.1) is 11.3 Å². The van der Waals surface area contributed by atoms with E-state index in [-0.39, 0.29) is 5.60 Å². The van der Waals surface area contributed by atoms with Crippen molar-refractivity contribution in [2.45, 2.75) is 38.2 Å². The minimum Gasteiger partial charge on any atom is -0.366 e. The van der Waals surface area contributed by atoms with E-state index in [1.54, 1.807) is 0 Å². The SMILES string of the molecule is CCCCCOC1(c2ccccc2)C=CC(c2ccc(C#N)cc2)=CC1. The Bertz CT molecular complexity index is 812. The Kier molecular flexibility index (Phi) is 6.04. The second-order valence-electron chi connectivity index (χ2n) is 6.70. The normalized spacial score (nSPS) is 19.0. The van der Waals surface area contributed by atoms with Gasteiger partial charge in [0.25, 0.3) is 0 Å². The smallest absolute Gasteiger partial charge is 0.115 e. The van der Waals surface area contributed by atoms with Crippen molar-refractivity contribution in [3.05, 3.63) is 89.5 Å². The van der Waals surface area contributed by atoms with Gasteiger partial charge in [0.2, 0.25) is 0 Å². The predicted molar refractivity (Wildman–Crippen MR) is 106 cm³/mol. The third-order valence-corrected chi connectivity index (χ3v) is 4.87. The molecular formula is C24H25NO. The molecule has 0 aliphatic heterocycles. The molecule has 2 aromatic carbocycles. The summed E-state index contributed by atoms with van der Waals surface area (Å²) in [5.41, 5.74) is 3.81. The zero-order valence-corrected chi connectivity index (χ0v) is 15.3. The lowest BCUT2D eigenvalue weighted by Crippen LogP contribution is -2.29. The second kappa shape index (κ2) is 8.65. The Labute approximate surface area is 156 Å². The van der Waals surface area contributed by atoms with Crippen LogP contribution in [-0.4, -0.2) is 6.61 Å². The van der Waals surface area contributed by atoms with Crippen molar-refractivity contribution >= 4 is 5.57 Å². The van der Waals surface area contributed by atoms with E-state index >= 15 is 0 Å². The summed E-state index contributed by atoms with van der Waals surface area (Å²) in [5.74, 6) is 0. The second-order valence-corrected chi connectivity index (χ2v) is 6.70. The minimum absolute atomic E-state index is 0.384. The average molecular weight is 343 g/mol. The van der Waals surface area contributed by atoms with Crippen molar-refractivity contribution in [2.24, 2.45) is 0 Å². The molecule has 132 valence electrons. The summed E-state index contributed by atoms with van der Waals surface area (Å²) in [6, 6.07) is 20.4. The molecule has 0 saturated carbocycles. The van der Waals surface area contributed by atoms with Gasteiger partial charge < -0.3 is 4.74 Å². The fourth-order valence-corrected chi connectivity index (χ4v) is 3.30. The number of rotatable bonds is 7. The first-order chi connectivity index (χ1) is 12.8. The maximum absolute atomic E-state index is 8.96. The number of nitriles is 1. The van der Waals surface area contributed by atoms with Gasteiger partial charge in [-0.05, 0) is 41.3 Å². The van der Waals surface area contributed by atoms with E-state index in [0.717, 1.165) is 25.0 Å². The van der Waals surface area contributed by atoms with Crippen LogP contribution in [0.1, 0.15) is 49.3 Å². The largest absolute Gasteiger partial charge is 0.366 e. The van der Waals surface area contributed by atoms with Crippen molar-refractivity contribution in [3.63, 3.8) is 0 Å². The van der Waals surface area contributed by atoms with Gasteiger partial charge in [-0.2, -0.15) is 5.26 Å². The van der Waals surface area contributed by atoms with Gasteiger partial charge in [-0.1, -0.05) is 74.4 Å². The summed E-state index contributed by atoms with van der Waals surface area (Å²) >= 11 is 0. The van der Waals surface area contributed by atoms with Crippen LogP contribution in [0.4, 0.5) is 0 Å². The Hall–Kier alpha value is -2.63. The molecule has 2 heteroatoms. The zero-order chi connectivity index (χ0) is 18.2. The van der Waals surface area contributed by atoms with Crippen molar-refractivity contribution < 1.29 is 4.74 Å². The molecule has 3 rings (SSSR count). The summed E-state index contributed by atoms with van der Waals surface area (Å²) < 4.78 is 6.40. The average Bonchev–Trinajstić information content (AvgIpc) is 2.72. The van der Waals surface area contributed by atoms with E-state index in [9.17, 15) is 0 Å². The standard InChI is InChI=1S/C24H25NO/c1-2-3-7-18-26-24(23-8-5-4-6-9-23)16-14-22(15-17-24)21-12-10-20(19-25)11-13-21/h4-6,8-16H,2-3,7,17-18H2,1H3. The first-order valence-corrected chi connectivity index (χ1v) is 9.37. The Balaban J connectivity index is 1.80. The number of unbranched alkanes of at least 4 members (excludes halogenated alkanes) is 2. The number of nitrogens with zero attached hydrogens (tertiary/aromatic N) is 1. The Morgan fingerprint density at radius 2 is 1.81 bits per heavy atom. The number of allylic oxidation sites excluding steroid dienone is 2. The van der Waals surface area contributed by atoms with Crippen LogP contribution in [0.3, 0.4) is 0 Å². The third-order valence-electron chi connectivity index (χ3n) is 4.87. The van der Waals surface area contributed by atoms with Crippen LogP contribution in [0.15, 0.2) is 72.8 Å². The highest BCUT2D eigenvalue weighted by Gasteiger charge is 2.31. The van der Waals surface area contributed by atoms with Gasteiger partial charge in [-0.3, -0.25) is 0 Å². The summed E-state index contributed by atoms with van der Waals surface area (Å²) in [6.45, 7) is 2.98. The van der Waals surface area contributed by atoms with Crippen LogP contribution in [0.5, 0.6) is 0 Å². The molecule has 2 nitrogen and oxygen atoms in total. The van der Waals surface area contributed by atoms with Gasteiger partial charge in [-0.15, -0.1) is 0 Å².